The zero-order chi connectivity index (χ0) is 25.9. The molecule has 8 nitrogen and oxygen atoms in total. The molecule has 8 heteroatoms. The summed E-state index contributed by atoms with van der Waals surface area (Å²) >= 11 is 0. The first-order chi connectivity index (χ1) is 18.0. The van der Waals surface area contributed by atoms with Gasteiger partial charge < -0.3 is 19.6 Å². The molecular weight excluding hydrogens is 468 g/mol. The Hall–Kier alpha value is -2.71. The van der Waals surface area contributed by atoms with E-state index in [9.17, 15) is 9.59 Å². The zero-order valence-corrected chi connectivity index (χ0v) is 22.2. The molecule has 0 saturated carbocycles. The molecule has 37 heavy (non-hydrogen) atoms. The molecule has 2 aliphatic heterocycles. The fourth-order valence-electron chi connectivity index (χ4n) is 6.29. The second-order valence-electron chi connectivity index (χ2n) is 10.8. The highest BCUT2D eigenvalue weighted by Gasteiger charge is 2.32. The quantitative estimate of drug-likeness (QED) is 0.621. The number of hydrogen-bond acceptors (Lipinski definition) is 5. The normalized spacial score (nSPS) is 18.9. The van der Waals surface area contributed by atoms with Gasteiger partial charge in [-0.2, -0.15) is 5.10 Å². The van der Waals surface area contributed by atoms with E-state index in [-0.39, 0.29) is 31.1 Å². The molecule has 2 fully saturated rings. The van der Waals surface area contributed by atoms with Gasteiger partial charge in [-0.1, -0.05) is 18.2 Å². The Morgan fingerprint density at radius 3 is 2.49 bits per heavy atom. The summed E-state index contributed by atoms with van der Waals surface area (Å²) in [5.74, 6) is 0.567. The first kappa shape index (κ1) is 25.9. The molecule has 0 bridgehead atoms. The van der Waals surface area contributed by atoms with Gasteiger partial charge in [0, 0.05) is 37.4 Å². The van der Waals surface area contributed by atoms with Gasteiger partial charge in [0.05, 0.1) is 19.3 Å². The van der Waals surface area contributed by atoms with Crippen LogP contribution in [0.25, 0.3) is 0 Å². The van der Waals surface area contributed by atoms with E-state index in [4.69, 9.17) is 14.9 Å². The summed E-state index contributed by atoms with van der Waals surface area (Å²) in [6, 6.07) is 6.54. The highest BCUT2D eigenvalue weighted by molar-refractivity contribution is 5.94. The predicted molar refractivity (Wildman–Crippen MR) is 141 cm³/mol. The lowest BCUT2D eigenvalue weighted by molar-refractivity contribution is -0.133. The third-order valence-corrected chi connectivity index (χ3v) is 8.60. The van der Waals surface area contributed by atoms with Crippen LogP contribution >= 0.6 is 0 Å². The van der Waals surface area contributed by atoms with Crippen molar-refractivity contribution in [3.8, 4) is 0 Å². The van der Waals surface area contributed by atoms with Gasteiger partial charge in [0.2, 0.25) is 5.91 Å². The van der Waals surface area contributed by atoms with Crippen LogP contribution in [0.3, 0.4) is 0 Å². The Bertz CT molecular complexity index is 1130. The Morgan fingerprint density at radius 1 is 1.03 bits per heavy atom. The standard InChI is InChI=1S/C29H40N4O4/c1-20-5-3-6-24(21(20)2)22-9-13-31(14-10-22)27(35)19-33-26-8-4-7-25(26)28(30-33)29(36)32-15-11-23(12-16-32)37-18-17-34/h3,5-6,22-23,34H,4,7-19H2,1-2H3. The number of amides is 2. The molecule has 2 amide bonds. The average molecular weight is 509 g/mol. The maximum Gasteiger partial charge on any atom is 0.274 e. The van der Waals surface area contributed by atoms with E-state index in [1.54, 1.807) is 0 Å². The molecule has 5 rings (SSSR count). The number of carbonyl (C=O) groups is 2. The number of aryl methyl sites for hydroxylation is 1. The van der Waals surface area contributed by atoms with Crippen LogP contribution in [-0.4, -0.2) is 82.0 Å². The maximum absolute atomic E-state index is 13.4. The van der Waals surface area contributed by atoms with Crippen molar-refractivity contribution in [3.05, 3.63) is 51.8 Å². The molecule has 1 aromatic heterocycles. The lowest BCUT2D eigenvalue weighted by Gasteiger charge is -2.33. The Balaban J connectivity index is 1.20. The van der Waals surface area contributed by atoms with Crippen LogP contribution in [0.1, 0.15) is 76.5 Å². The smallest absolute Gasteiger partial charge is 0.274 e. The molecule has 0 atom stereocenters. The SMILES string of the molecule is Cc1cccc(C2CCN(C(=O)Cn3nc(C(=O)N4CCC(OCCO)CC4)c4c3CCC4)CC2)c1C. The van der Waals surface area contributed by atoms with Gasteiger partial charge in [0.15, 0.2) is 5.69 Å². The van der Waals surface area contributed by atoms with Crippen molar-refractivity contribution in [1.82, 2.24) is 19.6 Å². The zero-order valence-electron chi connectivity index (χ0n) is 22.2. The number of carbonyl (C=O) groups excluding carboxylic acids is 2. The predicted octanol–water partition coefficient (Wildman–Crippen LogP) is 3.01. The van der Waals surface area contributed by atoms with Crippen molar-refractivity contribution in [2.75, 3.05) is 39.4 Å². The molecule has 2 aromatic rings. The van der Waals surface area contributed by atoms with Crippen LogP contribution in [-0.2, 0) is 28.9 Å². The number of nitrogens with zero attached hydrogens (tertiary/aromatic N) is 4. The fourth-order valence-corrected chi connectivity index (χ4v) is 6.29. The minimum absolute atomic E-state index is 0.0197. The number of hydrogen-bond donors (Lipinski definition) is 1. The van der Waals surface area contributed by atoms with Gasteiger partial charge in [-0.05, 0) is 81.4 Å². The van der Waals surface area contributed by atoms with Crippen LogP contribution < -0.4 is 0 Å². The van der Waals surface area contributed by atoms with E-state index in [0.717, 1.165) is 69.3 Å². The third-order valence-electron chi connectivity index (χ3n) is 8.60. The van der Waals surface area contributed by atoms with Crippen molar-refractivity contribution in [2.45, 2.75) is 77.4 Å². The molecule has 0 spiro atoms. The molecule has 200 valence electrons. The van der Waals surface area contributed by atoms with Crippen LogP contribution in [0.15, 0.2) is 18.2 Å². The Morgan fingerprint density at radius 2 is 1.76 bits per heavy atom. The number of piperidine rings is 2. The van der Waals surface area contributed by atoms with Gasteiger partial charge >= 0.3 is 0 Å². The number of ether oxygens (including phenoxy) is 1. The van der Waals surface area contributed by atoms with Gasteiger partial charge in [-0.3, -0.25) is 14.3 Å². The van der Waals surface area contributed by atoms with Crippen LogP contribution in [0.2, 0.25) is 0 Å². The molecule has 1 N–H and O–H groups in total. The molecule has 3 aliphatic rings. The molecule has 1 aromatic carbocycles. The van der Waals surface area contributed by atoms with E-state index < -0.39 is 0 Å². The van der Waals surface area contributed by atoms with Crippen molar-refractivity contribution >= 4 is 11.8 Å². The summed E-state index contributed by atoms with van der Waals surface area (Å²) in [6.45, 7) is 7.72. The molecule has 1 aliphatic carbocycles. The summed E-state index contributed by atoms with van der Waals surface area (Å²) < 4.78 is 7.45. The maximum atomic E-state index is 13.4. The Labute approximate surface area is 219 Å². The number of benzene rings is 1. The monoisotopic (exact) mass is 508 g/mol. The van der Waals surface area contributed by atoms with E-state index >= 15 is 0 Å². The molecular formula is C29H40N4O4. The number of rotatable bonds is 7. The molecule has 0 unspecified atom stereocenters. The van der Waals surface area contributed by atoms with Crippen molar-refractivity contribution in [1.29, 1.82) is 0 Å². The number of aliphatic hydroxyl groups excluding tert-OH is 1. The number of likely N-dealkylation sites (tertiary alicyclic amines) is 2. The van der Waals surface area contributed by atoms with E-state index in [2.05, 4.69) is 32.0 Å². The highest BCUT2D eigenvalue weighted by atomic mass is 16.5. The lowest BCUT2D eigenvalue weighted by Crippen LogP contribution is -2.41. The number of aliphatic hydroxyl groups is 1. The van der Waals surface area contributed by atoms with Crippen LogP contribution in [0, 0.1) is 13.8 Å². The minimum Gasteiger partial charge on any atom is -0.394 e. The average Bonchev–Trinajstić information content (AvgIpc) is 3.53. The summed E-state index contributed by atoms with van der Waals surface area (Å²) in [4.78, 5) is 30.5. The lowest BCUT2D eigenvalue weighted by atomic mass is 9.85. The number of fused-ring (bicyclic) bond motifs is 1. The van der Waals surface area contributed by atoms with E-state index in [1.807, 2.05) is 14.5 Å². The minimum atomic E-state index is -0.0284. The molecule has 0 radical (unpaired) electrons. The van der Waals surface area contributed by atoms with Crippen molar-refractivity contribution in [2.24, 2.45) is 0 Å². The second kappa shape index (κ2) is 11.4. The van der Waals surface area contributed by atoms with E-state index in [1.165, 1.54) is 16.7 Å². The first-order valence-corrected chi connectivity index (χ1v) is 13.9. The van der Waals surface area contributed by atoms with Gasteiger partial charge in [0.25, 0.3) is 5.91 Å². The fraction of sp³-hybridized carbons (Fsp3) is 0.621. The van der Waals surface area contributed by atoms with Crippen molar-refractivity contribution < 1.29 is 19.4 Å². The van der Waals surface area contributed by atoms with Gasteiger partial charge in [-0.15, -0.1) is 0 Å². The topological polar surface area (TPSA) is 87.9 Å². The van der Waals surface area contributed by atoms with Crippen LogP contribution in [0.4, 0.5) is 0 Å². The first-order valence-electron chi connectivity index (χ1n) is 13.9. The van der Waals surface area contributed by atoms with Crippen molar-refractivity contribution in [3.63, 3.8) is 0 Å². The van der Waals surface area contributed by atoms with Gasteiger partial charge in [-0.25, -0.2) is 0 Å². The van der Waals surface area contributed by atoms with Gasteiger partial charge in [0.1, 0.15) is 6.54 Å². The largest absolute Gasteiger partial charge is 0.394 e. The summed E-state index contributed by atoms with van der Waals surface area (Å²) in [5, 5.41) is 13.7. The Kier molecular flexibility index (Phi) is 7.95. The molecule has 3 heterocycles. The highest BCUT2D eigenvalue weighted by Crippen LogP contribution is 2.32. The second-order valence-corrected chi connectivity index (χ2v) is 10.8. The van der Waals surface area contributed by atoms with E-state index in [0.29, 0.717) is 31.3 Å². The third kappa shape index (κ3) is 5.46. The summed E-state index contributed by atoms with van der Waals surface area (Å²) in [5.41, 5.74) is 6.74. The summed E-state index contributed by atoms with van der Waals surface area (Å²) in [6.07, 6.45) is 6.31. The summed E-state index contributed by atoms with van der Waals surface area (Å²) in [7, 11) is 0. The van der Waals surface area contributed by atoms with Crippen LogP contribution in [0.5, 0.6) is 0 Å². The molecule has 2 saturated heterocycles. The number of aromatic nitrogens is 2.